The number of piperidine rings is 1. The molecule has 0 aliphatic carbocycles. The van der Waals surface area contributed by atoms with E-state index in [9.17, 15) is 0 Å². The topological polar surface area (TPSA) is 45.0 Å². The molecule has 4 heteroatoms. The SMILES string of the molecule is N#Cc1cccc(OC2CCNCC2)c1Cl. The van der Waals surface area contributed by atoms with Gasteiger partial charge in [0.15, 0.2) is 0 Å². The van der Waals surface area contributed by atoms with Gasteiger partial charge in [0.05, 0.1) is 5.56 Å². The van der Waals surface area contributed by atoms with Crippen LogP contribution < -0.4 is 10.1 Å². The Balaban J connectivity index is 2.12. The van der Waals surface area contributed by atoms with Gasteiger partial charge in [-0.05, 0) is 38.1 Å². The molecule has 3 nitrogen and oxygen atoms in total. The van der Waals surface area contributed by atoms with Crippen molar-refractivity contribution < 1.29 is 4.74 Å². The number of rotatable bonds is 2. The van der Waals surface area contributed by atoms with Crippen molar-refractivity contribution >= 4 is 11.6 Å². The maximum atomic E-state index is 8.85. The van der Waals surface area contributed by atoms with Crippen LogP contribution in [0.3, 0.4) is 0 Å². The third-order valence-electron chi connectivity index (χ3n) is 2.66. The van der Waals surface area contributed by atoms with E-state index in [4.69, 9.17) is 21.6 Å². The highest BCUT2D eigenvalue weighted by atomic mass is 35.5. The van der Waals surface area contributed by atoms with Gasteiger partial charge in [-0.15, -0.1) is 0 Å². The highest BCUT2D eigenvalue weighted by Crippen LogP contribution is 2.29. The molecule has 0 radical (unpaired) electrons. The minimum Gasteiger partial charge on any atom is -0.489 e. The van der Waals surface area contributed by atoms with E-state index in [-0.39, 0.29) is 6.10 Å². The Morgan fingerprint density at radius 2 is 2.12 bits per heavy atom. The number of hydrogen-bond donors (Lipinski definition) is 1. The van der Waals surface area contributed by atoms with Crippen LogP contribution in [0.2, 0.25) is 5.02 Å². The van der Waals surface area contributed by atoms with Crippen LogP contribution in [-0.2, 0) is 0 Å². The van der Waals surface area contributed by atoms with Crippen LogP contribution in [0.15, 0.2) is 18.2 Å². The van der Waals surface area contributed by atoms with Crippen molar-refractivity contribution in [2.75, 3.05) is 13.1 Å². The van der Waals surface area contributed by atoms with Crippen LogP contribution in [0, 0.1) is 11.3 Å². The summed E-state index contributed by atoms with van der Waals surface area (Å²) in [6.07, 6.45) is 2.16. The van der Waals surface area contributed by atoms with Gasteiger partial charge in [-0.1, -0.05) is 17.7 Å². The Labute approximate surface area is 100.0 Å². The summed E-state index contributed by atoms with van der Waals surface area (Å²) in [4.78, 5) is 0. The quantitative estimate of drug-likeness (QED) is 0.857. The van der Waals surface area contributed by atoms with Crippen LogP contribution in [-0.4, -0.2) is 19.2 Å². The zero-order valence-electron chi connectivity index (χ0n) is 8.87. The fourth-order valence-corrected chi connectivity index (χ4v) is 1.99. The molecule has 0 aromatic heterocycles. The molecule has 1 aromatic carbocycles. The molecule has 1 saturated heterocycles. The van der Waals surface area contributed by atoms with Crippen LogP contribution >= 0.6 is 11.6 Å². The summed E-state index contributed by atoms with van der Waals surface area (Å²) in [5.74, 6) is 0.618. The minimum atomic E-state index is 0.202. The maximum Gasteiger partial charge on any atom is 0.139 e. The van der Waals surface area contributed by atoms with Crippen LogP contribution in [0.1, 0.15) is 18.4 Å². The molecule has 1 aliphatic rings. The molecule has 0 unspecified atom stereocenters. The molecule has 0 amide bonds. The summed E-state index contributed by atoms with van der Waals surface area (Å²) in [5.41, 5.74) is 0.466. The van der Waals surface area contributed by atoms with Gasteiger partial charge < -0.3 is 10.1 Å². The van der Waals surface area contributed by atoms with Gasteiger partial charge in [0.25, 0.3) is 0 Å². The average molecular weight is 237 g/mol. The number of ether oxygens (including phenoxy) is 1. The van der Waals surface area contributed by atoms with Crippen molar-refractivity contribution in [2.24, 2.45) is 0 Å². The van der Waals surface area contributed by atoms with Crippen molar-refractivity contribution in [3.05, 3.63) is 28.8 Å². The summed E-state index contributed by atoms with van der Waals surface area (Å²) < 4.78 is 5.81. The fourth-order valence-electron chi connectivity index (χ4n) is 1.78. The summed E-state index contributed by atoms with van der Waals surface area (Å²) in [7, 11) is 0. The third kappa shape index (κ3) is 2.46. The first-order valence-corrected chi connectivity index (χ1v) is 5.75. The molecule has 1 aromatic rings. The van der Waals surface area contributed by atoms with Crippen LogP contribution in [0.25, 0.3) is 0 Å². The molecule has 1 fully saturated rings. The lowest BCUT2D eigenvalue weighted by Crippen LogP contribution is -2.34. The summed E-state index contributed by atoms with van der Waals surface area (Å²) >= 11 is 6.07. The molecule has 0 spiro atoms. The molecule has 1 heterocycles. The number of nitrogens with zero attached hydrogens (tertiary/aromatic N) is 1. The molecule has 84 valence electrons. The third-order valence-corrected chi connectivity index (χ3v) is 3.05. The largest absolute Gasteiger partial charge is 0.489 e. The van der Waals surface area contributed by atoms with Crippen LogP contribution in [0.4, 0.5) is 0 Å². The number of hydrogen-bond acceptors (Lipinski definition) is 3. The first kappa shape index (κ1) is 11.3. The van der Waals surface area contributed by atoms with E-state index in [1.54, 1.807) is 12.1 Å². The average Bonchev–Trinajstić information content (AvgIpc) is 2.33. The molecule has 2 rings (SSSR count). The molecule has 0 bridgehead atoms. The van der Waals surface area contributed by atoms with E-state index in [0.717, 1.165) is 25.9 Å². The molecule has 0 atom stereocenters. The van der Waals surface area contributed by atoms with E-state index < -0.39 is 0 Å². The molecule has 1 N–H and O–H groups in total. The molecular weight excluding hydrogens is 224 g/mol. The van der Waals surface area contributed by atoms with Gasteiger partial charge in [0.1, 0.15) is 22.9 Å². The highest BCUT2D eigenvalue weighted by Gasteiger charge is 2.16. The van der Waals surface area contributed by atoms with Gasteiger partial charge in [0.2, 0.25) is 0 Å². The Bertz CT molecular complexity index is 408. The Hall–Kier alpha value is -1.24. The van der Waals surface area contributed by atoms with Crippen molar-refractivity contribution in [1.82, 2.24) is 5.32 Å². The number of nitrogens with one attached hydrogen (secondary N) is 1. The maximum absolute atomic E-state index is 8.85. The Morgan fingerprint density at radius 3 is 2.81 bits per heavy atom. The second-order valence-electron chi connectivity index (χ2n) is 3.80. The number of benzene rings is 1. The van der Waals surface area contributed by atoms with E-state index >= 15 is 0 Å². The van der Waals surface area contributed by atoms with Crippen molar-refractivity contribution in [3.8, 4) is 11.8 Å². The summed E-state index contributed by atoms with van der Waals surface area (Å²) in [6.45, 7) is 1.94. The zero-order valence-corrected chi connectivity index (χ0v) is 9.63. The second kappa shape index (κ2) is 5.20. The van der Waals surface area contributed by atoms with Crippen molar-refractivity contribution in [3.63, 3.8) is 0 Å². The molecule has 1 aliphatic heterocycles. The first-order chi connectivity index (χ1) is 7.81. The molecule has 0 saturated carbocycles. The Morgan fingerprint density at radius 1 is 1.38 bits per heavy atom. The smallest absolute Gasteiger partial charge is 0.139 e. The normalized spacial score (nSPS) is 16.8. The summed E-state index contributed by atoms with van der Waals surface area (Å²) in [6, 6.07) is 7.34. The lowest BCUT2D eigenvalue weighted by atomic mass is 10.1. The lowest BCUT2D eigenvalue weighted by Gasteiger charge is -2.24. The molecule has 16 heavy (non-hydrogen) atoms. The highest BCUT2D eigenvalue weighted by molar-refractivity contribution is 6.33. The number of halogens is 1. The van der Waals surface area contributed by atoms with Crippen LogP contribution in [0.5, 0.6) is 5.75 Å². The lowest BCUT2D eigenvalue weighted by molar-refractivity contribution is 0.162. The van der Waals surface area contributed by atoms with Gasteiger partial charge in [-0.25, -0.2) is 0 Å². The second-order valence-corrected chi connectivity index (χ2v) is 4.17. The predicted octanol–water partition coefficient (Wildman–Crippen LogP) is 2.34. The van der Waals surface area contributed by atoms with Crippen molar-refractivity contribution in [1.29, 1.82) is 5.26 Å². The molecular formula is C12H13ClN2O. The van der Waals surface area contributed by atoms with Gasteiger partial charge in [-0.2, -0.15) is 5.26 Å². The predicted molar refractivity (Wildman–Crippen MR) is 62.7 cm³/mol. The number of nitriles is 1. The standard InChI is InChI=1S/C12H13ClN2O/c13-12-9(8-14)2-1-3-11(12)16-10-4-6-15-7-5-10/h1-3,10,15H,4-7H2. The van der Waals surface area contributed by atoms with E-state index in [1.807, 2.05) is 12.1 Å². The van der Waals surface area contributed by atoms with Gasteiger partial charge in [-0.3, -0.25) is 0 Å². The van der Waals surface area contributed by atoms with Gasteiger partial charge in [0, 0.05) is 0 Å². The first-order valence-electron chi connectivity index (χ1n) is 5.37. The minimum absolute atomic E-state index is 0.202. The summed E-state index contributed by atoms with van der Waals surface area (Å²) in [5, 5.41) is 12.5. The van der Waals surface area contributed by atoms with Crippen molar-refractivity contribution in [2.45, 2.75) is 18.9 Å². The monoisotopic (exact) mass is 236 g/mol. The van der Waals surface area contributed by atoms with E-state index in [1.165, 1.54) is 0 Å². The Kier molecular flexibility index (Phi) is 3.66. The van der Waals surface area contributed by atoms with E-state index in [2.05, 4.69) is 5.32 Å². The fraction of sp³-hybridized carbons (Fsp3) is 0.417. The van der Waals surface area contributed by atoms with Gasteiger partial charge >= 0.3 is 0 Å². The van der Waals surface area contributed by atoms with E-state index in [0.29, 0.717) is 16.3 Å². The zero-order chi connectivity index (χ0) is 11.4.